The number of hydrogen-bond donors (Lipinski definition) is 2. The first kappa shape index (κ1) is 21.0. The van der Waals surface area contributed by atoms with Gasteiger partial charge in [-0.05, 0) is 51.1 Å². The summed E-state index contributed by atoms with van der Waals surface area (Å²) in [6.45, 7) is 4.76. The molecule has 0 fully saturated rings. The predicted octanol–water partition coefficient (Wildman–Crippen LogP) is 3.22. The minimum Gasteiger partial charge on any atom is -0.349 e. The molecule has 0 spiro atoms. The highest BCUT2D eigenvalue weighted by Gasteiger charge is 2.30. The molecule has 0 aliphatic heterocycles. The van der Waals surface area contributed by atoms with Crippen molar-refractivity contribution in [2.45, 2.75) is 38.4 Å². The van der Waals surface area contributed by atoms with Crippen molar-refractivity contribution >= 4 is 21.6 Å². The average molecular weight is 403 g/mol. The summed E-state index contributed by atoms with van der Waals surface area (Å²) in [4.78, 5) is 12.1. The molecule has 0 aliphatic rings. The Morgan fingerprint density at radius 3 is 2.22 bits per heavy atom. The Balaban J connectivity index is 2.13. The van der Waals surface area contributed by atoms with Gasteiger partial charge in [0.2, 0.25) is 10.0 Å². The van der Waals surface area contributed by atoms with Crippen LogP contribution in [0.2, 0.25) is 0 Å². The number of rotatable bonds is 6. The van der Waals surface area contributed by atoms with E-state index < -0.39 is 22.7 Å². The van der Waals surface area contributed by atoms with Crippen molar-refractivity contribution in [3.8, 4) is 0 Å². The highest BCUT2D eigenvalue weighted by atomic mass is 32.2. The van der Waals surface area contributed by atoms with Gasteiger partial charge in [-0.2, -0.15) is 13.2 Å². The number of aryl methyl sites for hydroxylation is 1. The van der Waals surface area contributed by atoms with E-state index in [-0.39, 0.29) is 10.8 Å². The van der Waals surface area contributed by atoms with E-state index in [1.54, 1.807) is 6.07 Å². The van der Waals surface area contributed by atoms with Crippen molar-refractivity contribution < 1.29 is 26.4 Å². The van der Waals surface area contributed by atoms with Crippen LogP contribution < -0.4 is 10.0 Å². The molecule has 0 aliphatic carbocycles. The van der Waals surface area contributed by atoms with Crippen LogP contribution in [0.4, 0.5) is 18.9 Å². The second-order valence-electron chi connectivity index (χ2n) is 5.95. The molecule has 0 radical (unpaired) electrons. The van der Waals surface area contributed by atoms with Crippen LogP contribution in [0.5, 0.6) is 0 Å². The normalized spacial score (nSPS) is 12.2. The fourth-order valence-corrected chi connectivity index (χ4v) is 3.71. The summed E-state index contributed by atoms with van der Waals surface area (Å²) in [5.41, 5.74) is 2.58. The Bertz CT molecular complexity index is 933. The van der Waals surface area contributed by atoms with Crippen LogP contribution in [-0.4, -0.2) is 31.6 Å². The van der Waals surface area contributed by atoms with Gasteiger partial charge in [-0.25, -0.2) is 13.1 Å². The number of nitrogens with one attached hydrogen (secondary N) is 2. The number of anilines is 1. The minimum absolute atomic E-state index is 0.325. The van der Waals surface area contributed by atoms with Gasteiger partial charge in [0.1, 0.15) is 6.54 Å². The van der Waals surface area contributed by atoms with Crippen molar-refractivity contribution in [1.29, 1.82) is 0 Å². The molecule has 1 aromatic carbocycles. The molecule has 1 heterocycles. The monoisotopic (exact) mass is 403 g/mol. The van der Waals surface area contributed by atoms with Crippen molar-refractivity contribution in [3.05, 3.63) is 47.3 Å². The van der Waals surface area contributed by atoms with Gasteiger partial charge in [0, 0.05) is 23.6 Å². The summed E-state index contributed by atoms with van der Waals surface area (Å²) in [6, 6.07) is 6.65. The summed E-state index contributed by atoms with van der Waals surface area (Å²) >= 11 is 0. The number of halogens is 3. The predicted molar refractivity (Wildman–Crippen MR) is 95.2 cm³/mol. The quantitative estimate of drug-likeness (QED) is 0.777. The smallest absolute Gasteiger partial charge is 0.349 e. The van der Waals surface area contributed by atoms with E-state index in [4.69, 9.17) is 0 Å². The zero-order valence-corrected chi connectivity index (χ0v) is 15.8. The lowest BCUT2D eigenvalue weighted by molar-refractivity contribution is -0.121. The standard InChI is InChI=1S/C17H20F3N3O3S/c1-4-23-11(2)9-15(12(23)3)16(24)22-13-5-7-14(8-6-13)27(25,26)21-10-17(18,19)20/h5-9,21H,4,10H2,1-3H3,(H,22,24). The number of nitrogens with zero attached hydrogens (tertiary/aromatic N) is 1. The first-order valence-corrected chi connectivity index (χ1v) is 9.57. The zero-order valence-electron chi connectivity index (χ0n) is 15.0. The molecule has 0 saturated heterocycles. The molecule has 1 aromatic heterocycles. The maximum absolute atomic E-state index is 12.4. The highest BCUT2D eigenvalue weighted by molar-refractivity contribution is 7.89. The lowest BCUT2D eigenvalue weighted by atomic mass is 10.2. The molecule has 2 aromatic rings. The maximum atomic E-state index is 12.4. The second-order valence-corrected chi connectivity index (χ2v) is 7.71. The lowest BCUT2D eigenvalue weighted by Gasteiger charge is -2.10. The molecule has 10 heteroatoms. The number of hydrogen-bond acceptors (Lipinski definition) is 3. The molecule has 6 nitrogen and oxygen atoms in total. The van der Waals surface area contributed by atoms with Gasteiger partial charge < -0.3 is 9.88 Å². The molecular formula is C17H20F3N3O3S. The average Bonchev–Trinajstić information content (AvgIpc) is 2.87. The second kappa shape index (κ2) is 7.73. The Kier molecular flexibility index (Phi) is 6.01. The number of alkyl halides is 3. The van der Waals surface area contributed by atoms with Crippen LogP contribution in [0, 0.1) is 13.8 Å². The highest BCUT2D eigenvalue weighted by Crippen LogP contribution is 2.19. The SMILES string of the molecule is CCn1c(C)cc(C(=O)Nc2ccc(S(=O)(=O)NCC(F)(F)F)cc2)c1C. The van der Waals surface area contributed by atoms with Crippen molar-refractivity contribution in [2.75, 3.05) is 11.9 Å². The van der Waals surface area contributed by atoms with Gasteiger partial charge in [0.05, 0.1) is 10.5 Å². The minimum atomic E-state index is -4.65. The van der Waals surface area contributed by atoms with Crippen molar-refractivity contribution in [1.82, 2.24) is 9.29 Å². The summed E-state index contributed by atoms with van der Waals surface area (Å²) in [6.07, 6.45) is -4.65. The Morgan fingerprint density at radius 1 is 1.15 bits per heavy atom. The number of sulfonamides is 1. The van der Waals surface area contributed by atoms with E-state index in [1.165, 1.54) is 16.9 Å². The van der Waals surface area contributed by atoms with Crippen LogP contribution in [0.1, 0.15) is 28.7 Å². The molecule has 0 atom stereocenters. The Morgan fingerprint density at radius 2 is 1.74 bits per heavy atom. The molecular weight excluding hydrogens is 383 g/mol. The third-order valence-corrected chi connectivity index (χ3v) is 5.44. The summed E-state index contributed by atoms with van der Waals surface area (Å²) in [7, 11) is -4.29. The summed E-state index contributed by atoms with van der Waals surface area (Å²) < 4.78 is 63.7. The molecule has 148 valence electrons. The van der Waals surface area contributed by atoms with E-state index in [0.717, 1.165) is 30.1 Å². The maximum Gasteiger partial charge on any atom is 0.402 e. The van der Waals surface area contributed by atoms with Gasteiger partial charge in [0.15, 0.2) is 0 Å². The van der Waals surface area contributed by atoms with Crippen LogP contribution >= 0.6 is 0 Å². The van der Waals surface area contributed by atoms with Gasteiger partial charge in [-0.3, -0.25) is 4.79 Å². The molecule has 0 unspecified atom stereocenters. The fourth-order valence-electron chi connectivity index (χ4n) is 2.69. The third-order valence-electron chi connectivity index (χ3n) is 4.02. The van der Waals surface area contributed by atoms with E-state index >= 15 is 0 Å². The van der Waals surface area contributed by atoms with Crippen LogP contribution in [0.3, 0.4) is 0 Å². The van der Waals surface area contributed by atoms with E-state index in [1.807, 2.05) is 25.3 Å². The first-order valence-electron chi connectivity index (χ1n) is 8.09. The fraction of sp³-hybridized carbons (Fsp3) is 0.353. The van der Waals surface area contributed by atoms with Crippen LogP contribution in [0.15, 0.2) is 35.2 Å². The van der Waals surface area contributed by atoms with E-state index in [2.05, 4.69) is 5.32 Å². The number of carbonyl (C=O) groups is 1. The Labute approximate surface area is 155 Å². The molecule has 1 amide bonds. The van der Waals surface area contributed by atoms with Gasteiger partial charge >= 0.3 is 6.18 Å². The largest absolute Gasteiger partial charge is 0.402 e. The molecule has 27 heavy (non-hydrogen) atoms. The van der Waals surface area contributed by atoms with E-state index in [0.29, 0.717) is 11.3 Å². The van der Waals surface area contributed by atoms with Crippen molar-refractivity contribution in [2.24, 2.45) is 0 Å². The molecule has 0 saturated carbocycles. The van der Waals surface area contributed by atoms with Gasteiger partial charge in [-0.1, -0.05) is 0 Å². The topological polar surface area (TPSA) is 80.2 Å². The summed E-state index contributed by atoms with van der Waals surface area (Å²) in [5, 5.41) is 2.65. The number of carbonyl (C=O) groups excluding carboxylic acids is 1. The number of benzene rings is 1. The third kappa shape index (κ3) is 5.10. The van der Waals surface area contributed by atoms with Gasteiger partial charge in [-0.15, -0.1) is 0 Å². The van der Waals surface area contributed by atoms with E-state index in [9.17, 15) is 26.4 Å². The number of amides is 1. The molecule has 2 rings (SSSR count). The molecule has 0 bridgehead atoms. The Hall–Kier alpha value is -2.33. The van der Waals surface area contributed by atoms with Crippen molar-refractivity contribution in [3.63, 3.8) is 0 Å². The lowest BCUT2D eigenvalue weighted by Crippen LogP contribution is -2.33. The zero-order chi connectivity index (χ0) is 20.4. The number of aromatic nitrogens is 1. The molecule has 2 N–H and O–H groups in total. The summed E-state index contributed by atoms with van der Waals surface area (Å²) in [5.74, 6) is -0.353. The van der Waals surface area contributed by atoms with Crippen LogP contribution in [0.25, 0.3) is 0 Å². The van der Waals surface area contributed by atoms with Gasteiger partial charge in [0.25, 0.3) is 5.91 Å². The first-order chi connectivity index (χ1) is 12.4. The van der Waals surface area contributed by atoms with Crippen LogP contribution in [-0.2, 0) is 16.6 Å².